The molecule has 0 aliphatic rings. The van der Waals surface area contributed by atoms with Crippen LogP contribution in [0.3, 0.4) is 0 Å². The number of phenolic OH excluding ortho intramolecular Hbond substituents is 1. The molecule has 0 atom stereocenters. The Morgan fingerprint density at radius 2 is 1.88 bits per heavy atom. The molecule has 0 aliphatic heterocycles. The van der Waals surface area contributed by atoms with Gasteiger partial charge in [0.1, 0.15) is 12.4 Å². The number of benzene rings is 2. The van der Waals surface area contributed by atoms with E-state index >= 15 is 0 Å². The molecule has 16 heavy (non-hydrogen) atoms. The van der Waals surface area contributed by atoms with Crippen molar-refractivity contribution in [1.29, 1.82) is 0 Å². The number of carbonyl (C=O) groups is 1. The fourth-order valence-corrected chi connectivity index (χ4v) is 1.63. The Bertz CT molecular complexity index is 537. The van der Waals surface area contributed by atoms with Gasteiger partial charge in [-0.1, -0.05) is 30.3 Å². The maximum absolute atomic E-state index is 10.5. The minimum absolute atomic E-state index is 0.107. The second-order valence-corrected chi connectivity index (χ2v) is 3.40. The van der Waals surface area contributed by atoms with Crippen LogP contribution in [0.2, 0.25) is 0 Å². The summed E-state index contributed by atoms with van der Waals surface area (Å²) in [5.41, 5.74) is 5.72. The van der Waals surface area contributed by atoms with Crippen molar-refractivity contribution in [2.45, 2.75) is 6.61 Å². The minimum Gasteiger partial charge on any atom is -0.507 e. The standard InChI is InChI=1S/C12H11NO3/c13-12(15)16-7-8-3-1-5-10-9(8)4-2-6-11(10)14/h1-6,14H,7H2,(H2,13,15). The van der Waals surface area contributed by atoms with Crippen molar-refractivity contribution >= 4 is 16.9 Å². The maximum atomic E-state index is 10.5. The van der Waals surface area contributed by atoms with E-state index in [-0.39, 0.29) is 12.4 Å². The highest BCUT2D eigenvalue weighted by atomic mass is 16.5. The van der Waals surface area contributed by atoms with Crippen LogP contribution in [0.4, 0.5) is 4.79 Å². The lowest BCUT2D eigenvalue weighted by atomic mass is 10.0. The van der Waals surface area contributed by atoms with Crippen molar-refractivity contribution < 1.29 is 14.6 Å². The van der Waals surface area contributed by atoms with E-state index in [9.17, 15) is 9.90 Å². The lowest BCUT2D eigenvalue weighted by molar-refractivity contribution is 0.150. The van der Waals surface area contributed by atoms with Gasteiger partial charge in [0.15, 0.2) is 0 Å². The third-order valence-corrected chi connectivity index (χ3v) is 2.36. The summed E-state index contributed by atoms with van der Waals surface area (Å²) in [6, 6.07) is 10.6. The number of hydrogen-bond acceptors (Lipinski definition) is 3. The van der Waals surface area contributed by atoms with Gasteiger partial charge < -0.3 is 15.6 Å². The van der Waals surface area contributed by atoms with E-state index in [4.69, 9.17) is 10.5 Å². The SMILES string of the molecule is NC(=O)OCc1cccc2c(O)cccc12. The van der Waals surface area contributed by atoms with Crippen molar-refractivity contribution in [3.8, 4) is 5.75 Å². The first-order chi connectivity index (χ1) is 7.68. The van der Waals surface area contributed by atoms with E-state index in [0.717, 1.165) is 16.3 Å². The molecule has 0 unspecified atom stereocenters. The van der Waals surface area contributed by atoms with Crippen molar-refractivity contribution in [3.63, 3.8) is 0 Å². The van der Waals surface area contributed by atoms with Gasteiger partial charge in [-0.2, -0.15) is 0 Å². The van der Waals surface area contributed by atoms with E-state index in [1.807, 2.05) is 12.1 Å². The highest BCUT2D eigenvalue weighted by Crippen LogP contribution is 2.27. The van der Waals surface area contributed by atoms with Gasteiger partial charge in [0.05, 0.1) is 0 Å². The quantitative estimate of drug-likeness (QED) is 0.809. The minimum atomic E-state index is -0.808. The first kappa shape index (κ1) is 10.3. The summed E-state index contributed by atoms with van der Waals surface area (Å²) in [7, 11) is 0. The molecule has 0 saturated carbocycles. The van der Waals surface area contributed by atoms with E-state index in [1.165, 1.54) is 0 Å². The maximum Gasteiger partial charge on any atom is 0.404 e. The fourth-order valence-electron chi connectivity index (χ4n) is 1.63. The van der Waals surface area contributed by atoms with E-state index in [1.54, 1.807) is 24.3 Å². The molecule has 0 bridgehead atoms. The summed E-state index contributed by atoms with van der Waals surface area (Å²) in [6.07, 6.45) is -0.808. The Balaban J connectivity index is 2.45. The Hall–Kier alpha value is -2.23. The average Bonchev–Trinajstić information content (AvgIpc) is 2.27. The molecule has 0 fully saturated rings. The number of nitrogens with two attached hydrogens (primary N) is 1. The predicted octanol–water partition coefficient (Wildman–Crippen LogP) is 2.14. The first-order valence-electron chi connectivity index (χ1n) is 4.80. The van der Waals surface area contributed by atoms with Gasteiger partial charge in [0.2, 0.25) is 0 Å². The average molecular weight is 217 g/mol. The van der Waals surface area contributed by atoms with Crippen molar-refractivity contribution in [2.75, 3.05) is 0 Å². The molecule has 0 aliphatic carbocycles. The van der Waals surface area contributed by atoms with Gasteiger partial charge in [-0.3, -0.25) is 0 Å². The predicted molar refractivity (Wildman–Crippen MR) is 60.0 cm³/mol. The van der Waals surface area contributed by atoms with E-state index in [0.29, 0.717) is 0 Å². The Labute approximate surface area is 92.3 Å². The van der Waals surface area contributed by atoms with Gasteiger partial charge >= 0.3 is 6.09 Å². The molecular formula is C12H11NO3. The van der Waals surface area contributed by atoms with E-state index < -0.39 is 6.09 Å². The zero-order valence-electron chi connectivity index (χ0n) is 8.51. The number of phenols is 1. The van der Waals surface area contributed by atoms with Crippen LogP contribution < -0.4 is 5.73 Å². The largest absolute Gasteiger partial charge is 0.507 e. The van der Waals surface area contributed by atoms with Crippen LogP contribution in [0.5, 0.6) is 5.75 Å². The topological polar surface area (TPSA) is 72.6 Å². The van der Waals surface area contributed by atoms with Gasteiger partial charge in [-0.15, -0.1) is 0 Å². The zero-order valence-corrected chi connectivity index (χ0v) is 8.51. The summed E-state index contributed by atoms with van der Waals surface area (Å²) < 4.78 is 4.73. The molecule has 4 nitrogen and oxygen atoms in total. The van der Waals surface area contributed by atoms with Gasteiger partial charge in [0.25, 0.3) is 0 Å². The molecular weight excluding hydrogens is 206 g/mol. The Kier molecular flexibility index (Phi) is 2.64. The number of rotatable bonds is 2. The second kappa shape index (κ2) is 4.10. The van der Waals surface area contributed by atoms with Crippen LogP contribution in [0, 0.1) is 0 Å². The summed E-state index contributed by atoms with van der Waals surface area (Å²) in [6.45, 7) is 0.107. The second-order valence-electron chi connectivity index (χ2n) is 3.40. The van der Waals surface area contributed by atoms with Gasteiger partial charge in [-0.25, -0.2) is 4.79 Å². The molecule has 1 amide bonds. The number of carbonyl (C=O) groups excluding carboxylic acids is 1. The number of aromatic hydroxyl groups is 1. The monoisotopic (exact) mass is 217 g/mol. The first-order valence-corrected chi connectivity index (χ1v) is 4.80. The van der Waals surface area contributed by atoms with E-state index in [2.05, 4.69) is 0 Å². The number of fused-ring (bicyclic) bond motifs is 1. The van der Waals surface area contributed by atoms with Crippen LogP contribution in [-0.2, 0) is 11.3 Å². The molecule has 3 N–H and O–H groups in total. The molecule has 2 aromatic carbocycles. The Morgan fingerprint density at radius 3 is 2.62 bits per heavy atom. The van der Waals surface area contributed by atoms with Crippen LogP contribution >= 0.6 is 0 Å². The van der Waals surface area contributed by atoms with Gasteiger partial charge in [-0.05, 0) is 17.0 Å². The lowest BCUT2D eigenvalue weighted by Crippen LogP contribution is -2.12. The summed E-state index contributed by atoms with van der Waals surface area (Å²) in [5.74, 6) is 0.207. The molecule has 2 rings (SSSR count). The zero-order chi connectivity index (χ0) is 11.5. The highest BCUT2D eigenvalue weighted by Gasteiger charge is 2.05. The van der Waals surface area contributed by atoms with Crippen molar-refractivity contribution in [1.82, 2.24) is 0 Å². The number of primary amides is 1. The molecule has 0 heterocycles. The fraction of sp³-hybridized carbons (Fsp3) is 0.0833. The lowest BCUT2D eigenvalue weighted by Gasteiger charge is -2.07. The van der Waals surface area contributed by atoms with Crippen molar-refractivity contribution in [2.24, 2.45) is 5.73 Å². The van der Waals surface area contributed by atoms with Crippen LogP contribution in [0.25, 0.3) is 10.8 Å². The molecule has 0 spiro atoms. The molecule has 0 radical (unpaired) electrons. The highest BCUT2D eigenvalue weighted by molar-refractivity contribution is 5.90. The number of hydrogen-bond donors (Lipinski definition) is 2. The van der Waals surface area contributed by atoms with Crippen LogP contribution in [0.15, 0.2) is 36.4 Å². The number of amides is 1. The summed E-state index contributed by atoms with van der Waals surface area (Å²) >= 11 is 0. The summed E-state index contributed by atoms with van der Waals surface area (Å²) in [5, 5.41) is 11.2. The van der Waals surface area contributed by atoms with Crippen molar-refractivity contribution in [3.05, 3.63) is 42.0 Å². The molecule has 0 saturated heterocycles. The van der Waals surface area contributed by atoms with Crippen LogP contribution in [0.1, 0.15) is 5.56 Å². The normalized spacial score (nSPS) is 10.2. The van der Waals surface area contributed by atoms with Gasteiger partial charge in [0, 0.05) is 5.39 Å². The van der Waals surface area contributed by atoms with Crippen LogP contribution in [-0.4, -0.2) is 11.2 Å². The third kappa shape index (κ3) is 1.91. The molecule has 82 valence electrons. The Morgan fingerprint density at radius 1 is 1.19 bits per heavy atom. The summed E-state index contributed by atoms with van der Waals surface area (Å²) in [4.78, 5) is 10.5. The smallest absolute Gasteiger partial charge is 0.404 e. The molecule has 2 aromatic rings. The molecule has 4 heteroatoms. The number of ether oxygens (including phenoxy) is 1. The third-order valence-electron chi connectivity index (χ3n) is 2.36. The molecule has 0 aromatic heterocycles.